The summed E-state index contributed by atoms with van der Waals surface area (Å²) in [4.78, 5) is 17.1. The molecule has 2 fully saturated rings. The van der Waals surface area contributed by atoms with Crippen LogP contribution in [0.5, 0.6) is 0 Å². The lowest BCUT2D eigenvalue weighted by Crippen LogP contribution is -2.35. The van der Waals surface area contributed by atoms with E-state index in [-0.39, 0.29) is 22.6 Å². The zero-order chi connectivity index (χ0) is 22.8. The van der Waals surface area contributed by atoms with Crippen LogP contribution >= 0.6 is 0 Å². The van der Waals surface area contributed by atoms with E-state index < -0.39 is 10.0 Å². The van der Waals surface area contributed by atoms with Gasteiger partial charge in [0.2, 0.25) is 15.9 Å². The molecule has 33 heavy (non-hydrogen) atoms. The summed E-state index contributed by atoms with van der Waals surface area (Å²) >= 11 is 0. The summed E-state index contributed by atoms with van der Waals surface area (Å²) in [5, 5.41) is 8.36. The van der Waals surface area contributed by atoms with Gasteiger partial charge in [0.25, 0.3) is 0 Å². The fourth-order valence-corrected chi connectivity index (χ4v) is 5.66. The number of piperidine rings is 1. The van der Waals surface area contributed by atoms with Gasteiger partial charge in [0.05, 0.1) is 4.90 Å². The lowest BCUT2D eigenvalue weighted by atomic mass is 9.99. The van der Waals surface area contributed by atoms with E-state index in [2.05, 4.69) is 20.3 Å². The van der Waals surface area contributed by atoms with Crippen molar-refractivity contribution in [2.45, 2.75) is 30.1 Å². The molecule has 1 amide bonds. The summed E-state index contributed by atoms with van der Waals surface area (Å²) in [6.45, 7) is 2.35. The zero-order valence-electron chi connectivity index (χ0n) is 18.3. The van der Waals surface area contributed by atoms with Crippen molar-refractivity contribution in [1.29, 1.82) is 0 Å². The molecule has 2 atom stereocenters. The average Bonchev–Trinajstić information content (AvgIpc) is 3.65. The standard InChI is InChI=1S/C25H28N4O3S/c30-25(29-21-4-1-20-16-27-12-9-19(20)13-21)24-14-23(24)18-2-5-22(6-3-18)33(31,32)28-15-17-7-10-26-11-8-17/h1-6,9,12-13,16-17,23-24,26,28H,7-8,10-11,14-15H2,(H,29,30)/t23-,24+/m0/s1. The van der Waals surface area contributed by atoms with Gasteiger partial charge in [0.1, 0.15) is 0 Å². The highest BCUT2D eigenvalue weighted by molar-refractivity contribution is 7.89. The minimum absolute atomic E-state index is 0.00579. The smallest absolute Gasteiger partial charge is 0.240 e. The number of rotatable bonds is 7. The molecule has 3 N–H and O–H groups in total. The van der Waals surface area contributed by atoms with Crippen molar-refractivity contribution in [2.75, 3.05) is 25.0 Å². The van der Waals surface area contributed by atoms with E-state index in [0.717, 1.165) is 54.4 Å². The summed E-state index contributed by atoms with van der Waals surface area (Å²) in [5.41, 5.74) is 1.77. The Balaban J connectivity index is 1.18. The summed E-state index contributed by atoms with van der Waals surface area (Å²) in [7, 11) is -3.52. The van der Waals surface area contributed by atoms with E-state index in [1.54, 1.807) is 24.5 Å². The predicted octanol–water partition coefficient (Wildman–Crippen LogP) is 3.25. The molecular formula is C25H28N4O3S. The number of aromatic nitrogens is 1. The molecule has 1 aromatic heterocycles. The summed E-state index contributed by atoms with van der Waals surface area (Å²) in [5.74, 6) is 0.395. The zero-order valence-corrected chi connectivity index (χ0v) is 19.1. The Kier molecular flexibility index (Phi) is 6.14. The van der Waals surface area contributed by atoms with Crippen LogP contribution < -0.4 is 15.4 Å². The second-order valence-electron chi connectivity index (χ2n) is 8.99. The molecule has 0 radical (unpaired) electrons. The van der Waals surface area contributed by atoms with E-state index in [1.807, 2.05) is 36.4 Å². The van der Waals surface area contributed by atoms with Crippen molar-refractivity contribution in [2.24, 2.45) is 11.8 Å². The minimum atomic E-state index is -3.52. The van der Waals surface area contributed by atoms with Gasteiger partial charge in [0.15, 0.2) is 0 Å². The van der Waals surface area contributed by atoms with Crippen LogP contribution in [0.15, 0.2) is 65.8 Å². The number of carbonyl (C=O) groups excluding carboxylic acids is 1. The predicted molar refractivity (Wildman–Crippen MR) is 128 cm³/mol. The van der Waals surface area contributed by atoms with Crippen LogP contribution in [0.2, 0.25) is 0 Å². The Labute approximate surface area is 194 Å². The monoisotopic (exact) mass is 464 g/mol. The Hall–Kier alpha value is -2.81. The van der Waals surface area contributed by atoms with Crippen molar-refractivity contribution < 1.29 is 13.2 Å². The van der Waals surface area contributed by atoms with Crippen molar-refractivity contribution in [3.8, 4) is 0 Å². The van der Waals surface area contributed by atoms with Gasteiger partial charge in [0, 0.05) is 35.9 Å². The Morgan fingerprint density at radius 2 is 1.82 bits per heavy atom. The summed E-state index contributed by atoms with van der Waals surface area (Å²) < 4.78 is 28.0. The first kappa shape index (κ1) is 22.0. The highest BCUT2D eigenvalue weighted by Gasteiger charge is 2.44. The number of fused-ring (bicyclic) bond motifs is 1. The molecule has 8 heteroatoms. The molecule has 1 aliphatic heterocycles. The number of benzene rings is 2. The number of nitrogens with zero attached hydrogens (tertiary/aromatic N) is 1. The Morgan fingerprint density at radius 1 is 1.03 bits per heavy atom. The molecule has 3 aromatic rings. The van der Waals surface area contributed by atoms with E-state index in [0.29, 0.717) is 12.5 Å². The van der Waals surface area contributed by atoms with E-state index in [1.165, 1.54) is 0 Å². The molecule has 172 valence electrons. The molecular weight excluding hydrogens is 436 g/mol. The maximum absolute atomic E-state index is 12.7. The van der Waals surface area contributed by atoms with Crippen LogP contribution in [0.25, 0.3) is 10.8 Å². The molecule has 1 aliphatic carbocycles. The molecule has 2 heterocycles. The van der Waals surface area contributed by atoms with Crippen molar-refractivity contribution >= 4 is 32.4 Å². The number of hydrogen-bond acceptors (Lipinski definition) is 5. The molecule has 2 aliphatic rings. The molecule has 5 rings (SSSR count). The lowest BCUT2D eigenvalue weighted by molar-refractivity contribution is -0.117. The number of sulfonamides is 1. The molecule has 0 bridgehead atoms. The second-order valence-corrected chi connectivity index (χ2v) is 10.8. The van der Waals surface area contributed by atoms with Gasteiger partial charge in [-0.05, 0) is 85.5 Å². The third-order valence-corrected chi connectivity index (χ3v) is 8.11. The quantitative estimate of drug-likeness (QED) is 0.498. The van der Waals surface area contributed by atoms with E-state index in [9.17, 15) is 13.2 Å². The number of pyridine rings is 1. The van der Waals surface area contributed by atoms with Crippen molar-refractivity contribution in [3.05, 3.63) is 66.5 Å². The Morgan fingerprint density at radius 3 is 2.61 bits per heavy atom. The van der Waals surface area contributed by atoms with Crippen LogP contribution in [-0.4, -0.2) is 38.9 Å². The lowest BCUT2D eigenvalue weighted by Gasteiger charge is -2.22. The molecule has 0 spiro atoms. The van der Waals surface area contributed by atoms with Gasteiger partial charge < -0.3 is 10.6 Å². The van der Waals surface area contributed by atoms with Crippen LogP contribution in [0, 0.1) is 11.8 Å². The van der Waals surface area contributed by atoms with E-state index >= 15 is 0 Å². The molecule has 7 nitrogen and oxygen atoms in total. The van der Waals surface area contributed by atoms with Gasteiger partial charge in [-0.25, -0.2) is 13.1 Å². The second kappa shape index (κ2) is 9.21. The van der Waals surface area contributed by atoms with E-state index in [4.69, 9.17) is 0 Å². The third-order valence-electron chi connectivity index (χ3n) is 6.67. The van der Waals surface area contributed by atoms with Crippen LogP contribution in [0.3, 0.4) is 0 Å². The fourth-order valence-electron chi connectivity index (χ4n) is 4.54. The minimum Gasteiger partial charge on any atom is -0.326 e. The van der Waals surface area contributed by atoms with Gasteiger partial charge in [-0.2, -0.15) is 0 Å². The van der Waals surface area contributed by atoms with Gasteiger partial charge in [-0.15, -0.1) is 0 Å². The van der Waals surface area contributed by atoms with Crippen molar-refractivity contribution in [3.63, 3.8) is 0 Å². The first-order valence-electron chi connectivity index (χ1n) is 11.4. The summed E-state index contributed by atoms with van der Waals surface area (Å²) in [6.07, 6.45) is 6.28. The number of hydrogen-bond donors (Lipinski definition) is 3. The first-order valence-corrected chi connectivity index (χ1v) is 12.9. The SMILES string of the molecule is O=C(Nc1ccc2cnccc2c1)[C@@H]1C[C@H]1c1ccc(S(=O)(=O)NCC2CCNCC2)cc1. The number of nitrogens with one attached hydrogen (secondary N) is 3. The van der Waals surface area contributed by atoms with Crippen LogP contribution in [-0.2, 0) is 14.8 Å². The van der Waals surface area contributed by atoms with Gasteiger partial charge in [-0.1, -0.05) is 18.2 Å². The Bertz CT molecular complexity index is 1250. The maximum atomic E-state index is 12.7. The number of amides is 1. The maximum Gasteiger partial charge on any atom is 0.240 e. The highest BCUT2D eigenvalue weighted by atomic mass is 32.2. The average molecular weight is 465 g/mol. The number of carbonyl (C=O) groups is 1. The topological polar surface area (TPSA) is 100 Å². The molecule has 0 unspecified atom stereocenters. The third kappa shape index (κ3) is 5.08. The van der Waals surface area contributed by atoms with Gasteiger partial charge >= 0.3 is 0 Å². The molecule has 1 saturated heterocycles. The normalized spacial score (nSPS) is 21.1. The largest absolute Gasteiger partial charge is 0.326 e. The van der Waals surface area contributed by atoms with Crippen molar-refractivity contribution in [1.82, 2.24) is 15.0 Å². The molecule has 1 saturated carbocycles. The fraction of sp³-hybridized carbons (Fsp3) is 0.360. The first-order chi connectivity index (χ1) is 16.0. The summed E-state index contributed by atoms with van der Waals surface area (Å²) in [6, 6.07) is 14.6. The molecule has 2 aromatic carbocycles. The van der Waals surface area contributed by atoms with Crippen LogP contribution in [0.4, 0.5) is 5.69 Å². The van der Waals surface area contributed by atoms with Crippen LogP contribution in [0.1, 0.15) is 30.7 Å². The highest BCUT2D eigenvalue weighted by Crippen LogP contribution is 2.48. The van der Waals surface area contributed by atoms with Gasteiger partial charge in [-0.3, -0.25) is 9.78 Å². The number of anilines is 1.